The van der Waals surface area contributed by atoms with Gasteiger partial charge in [0.25, 0.3) is 0 Å². The van der Waals surface area contributed by atoms with Gasteiger partial charge in [0.2, 0.25) is 5.91 Å². The lowest BCUT2D eigenvalue weighted by Crippen LogP contribution is -2.38. The van der Waals surface area contributed by atoms with Gasteiger partial charge in [0.1, 0.15) is 0 Å². The van der Waals surface area contributed by atoms with Gasteiger partial charge in [-0.15, -0.1) is 0 Å². The first-order valence-corrected chi connectivity index (χ1v) is 6.35. The summed E-state index contributed by atoms with van der Waals surface area (Å²) in [5.74, 6) is -0.170. The summed E-state index contributed by atoms with van der Waals surface area (Å²) in [6.07, 6.45) is 6.50. The van der Waals surface area contributed by atoms with E-state index in [4.69, 9.17) is 17.3 Å². The number of halogens is 1. The van der Waals surface area contributed by atoms with Crippen LogP contribution < -0.4 is 11.1 Å². The molecule has 1 aromatic heterocycles. The van der Waals surface area contributed by atoms with Gasteiger partial charge in [-0.2, -0.15) is 0 Å². The van der Waals surface area contributed by atoms with Crippen molar-refractivity contribution in [2.75, 3.05) is 5.32 Å². The van der Waals surface area contributed by atoms with Gasteiger partial charge in [0.15, 0.2) is 0 Å². The van der Waals surface area contributed by atoms with E-state index in [9.17, 15) is 4.79 Å². The highest BCUT2D eigenvalue weighted by molar-refractivity contribution is 6.33. The highest BCUT2D eigenvalue weighted by Gasteiger charge is 2.46. The third kappa shape index (κ3) is 2.22. The number of nitrogens with two attached hydrogens (primary N) is 1. The lowest BCUT2D eigenvalue weighted by atomic mass is 10.2. The number of para-hydroxylation sites is 1. The molecule has 6 heteroatoms. The van der Waals surface area contributed by atoms with Gasteiger partial charge < -0.3 is 15.6 Å². The van der Waals surface area contributed by atoms with Gasteiger partial charge in [-0.1, -0.05) is 17.7 Å². The number of benzene rings is 1. The zero-order valence-corrected chi connectivity index (χ0v) is 10.9. The second kappa shape index (κ2) is 4.36. The third-order valence-corrected chi connectivity index (χ3v) is 3.54. The zero-order valence-electron chi connectivity index (χ0n) is 10.1. The second-order valence-corrected chi connectivity index (χ2v) is 5.12. The monoisotopic (exact) mass is 276 g/mol. The molecule has 3 rings (SSSR count). The highest BCUT2D eigenvalue weighted by Crippen LogP contribution is 2.35. The van der Waals surface area contributed by atoms with Crippen LogP contribution in [0.15, 0.2) is 36.9 Å². The summed E-state index contributed by atoms with van der Waals surface area (Å²) in [7, 11) is 0. The van der Waals surface area contributed by atoms with Crippen LogP contribution in [-0.4, -0.2) is 21.0 Å². The standard InChI is InChI=1S/C13H13ClN4O/c14-9-2-1-3-10(11(9)18-7-6-16-8-18)17-12(19)13(15)4-5-13/h1-3,6-8H,4-5,15H2,(H,17,19). The molecule has 0 bridgehead atoms. The molecule has 1 fully saturated rings. The number of nitrogens with one attached hydrogen (secondary N) is 1. The summed E-state index contributed by atoms with van der Waals surface area (Å²) in [5.41, 5.74) is 6.49. The second-order valence-electron chi connectivity index (χ2n) is 4.72. The quantitative estimate of drug-likeness (QED) is 0.900. The number of nitrogens with zero attached hydrogens (tertiary/aromatic N) is 2. The Balaban J connectivity index is 1.97. The number of hydrogen-bond donors (Lipinski definition) is 2. The Morgan fingerprint density at radius 2 is 2.26 bits per heavy atom. The van der Waals surface area contributed by atoms with E-state index in [2.05, 4.69) is 10.3 Å². The Morgan fingerprint density at radius 1 is 1.47 bits per heavy atom. The number of hydrogen-bond acceptors (Lipinski definition) is 3. The predicted octanol–water partition coefficient (Wildman–Crippen LogP) is 1.96. The minimum atomic E-state index is -0.714. The lowest BCUT2D eigenvalue weighted by molar-refractivity contribution is -0.118. The summed E-state index contributed by atoms with van der Waals surface area (Å²) in [6, 6.07) is 5.35. The molecule has 98 valence electrons. The van der Waals surface area contributed by atoms with Crippen molar-refractivity contribution < 1.29 is 4.79 Å². The molecule has 2 aromatic rings. The van der Waals surface area contributed by atoms with Crippen LogP contribution in [0.3, 0.4) is 0 Å². The number of aromatic nitrogens is 2. The lowest BCUT2D eigenvalue weighted by Gasteiger charge is -2.15. The minimum absolute atomic E-state index is 0.170. The molecule has 19 heavy (non-hydrogen) atoms. The van der Waals surface area contributed by atoms with Crippen molar-refractivity contribution >= 4 is 23.2 Å². The molecule has 0 unspecified atom stereocenters. The molecule has 1 aliphatic carbocycles. The number of carbonyl (C=O) groups excluding carboxylic acids is 1. The third-order valence-electron chi connectivity index (χ3n) is 3.24. The SMILES string of the molecule is NC1(C(=O)Nc2cccc(Cl)c2-n2ccnc2)CC1. The molecule has 1 aliphatic rings. The molecule has 1 saturated carbocycles. The summed E-state index contributed by atoms with van der Waals surface area (Å²) >= 11 is 6.20. The van der Waals surface area contributed by atoms with Crippen LogP contribution in [0.5, 0.6) is 0 Å². The Morgan fingerprint density at radius 3 is 2.89 bits per heavy atom. The maximum atomic E-state index is 12.0. The molecule has 0 spiro atoms. The normalized spacial score (nSPS) is 16.1. The van der Waals surface area contributed by atoms with Crippen LogP contribution in [0.25, 0.3) is 5.69 Å². The van der Waals surface area contributed by atoms with Gasteiger partial charge in [0, 0.05) is 12.4 Å². The molecule has 0 aliphatic heterocycles. The average molecular weight is 277 g/mol. The zero-order chi connectivity index (χ0) is 13.5. The molecular formula is C13H13ClN4O. The Bertz CT molecular complexity index is 620. The van der Waals surface area contributed by atoms with Crippen LogP contribution in [0, 0.1) is 0 Å². The van der Waals surface area contributed by atoms with Crippen molar-refractivity contribution in [3.8, 4) is 5.69 Å². The molecule has 0 saturated heterocycles. The maximum Gasteiger partial charge on any atom is 0.244 e. The molecule has 5 nitrogen and oxygen atoms in total. The van der Waals surface area contributed by atoms with Gasteiger partial charge >= 0.3 is 0 Å². The van der Waals surface area contributed by atoms with Crippen LogP contribution in [0.1, 0.15) is 12.8 Å². The van der Waals surface area contributed by atoms with E-state index in [0.29, 0.717) is 16.4 Å². The number of carbonyl (C=O) groups is 1. The first-order valence-electron chi connectivity index (χ1n) is 5.97. The maximum absolute atomic E-state index is 12.0. The fourth-order valence-corrected chi connectivity index (χ4v) is 2.15. The fourth-order valence-electron chi connectivity index (χ4n) is 1.88. The van der Waals surface area contributed by atoms with Crippen LogP contribution in [0.4, 0.5) is 5.69 Å². The van der Waals surface area contributed by atoms with Crippen LogP contribution in [0.2, 0.25) is 5.02 Å². The topological polar surface area (TPSA) is 72.9 Å². The van der Waals surface area contributed by atoms with Crippen molar-refractivity contribution in [2.45, 2.75) is 18.4 Å². The van der Waals surface area contributed by atoms with Gasteiger partial charge in [-0.3, -0.25) is 4.79 Å². The largest absolute Gasteiger partial charge is 0.323 e. The summed E-state index contributed by atoms with van der Waals surface area (Å²) in [4.78, 5) is 16.0. The van der Waals surface area contributed by atoms with E-state index in [-0.39, 0.29) is 5.91 Å². The van der Waals surface area contributed by atoms with E-state index in [1.54, 1.807) is 41.5 Å². The molecular weight excluding hydrogens is 264 g/mol. The molecule has 3 N–H and O–H groups in total. The fraction of sp³-hybridized carbons (Fsp3) is 0.231. The van der Waals surface area contributed by atoms with E-state index in [0.717, 1.165) is 12.8 Å². The summed E-state index contributed by atoms with van der Waals surface area (Å²) in [5, 5.41) is 3.38. The van der Waals surface area contributed by atoms with Crippen molar-refractivity contribution in [1.29, 1.82) is 0 Å². The van der Waals surface area contributed by atoms with Crippen molar-refractivity contribution in [3.63, 3.8) is 0 Å². The predicted molar refractivity (Wildman–Crippen MR) is 73.4 cm³/mol. The van der Waals surface area contributed by atoms with Crippen LogP contribution >= 0.6 is 11.6 Å². The number of imidazole rings is 1. The van der Waals surface area contributed by atoms with Crippen molar-refractivity contribution in [3.05, 3.63) is 41.9 Å². The first kappa shape index (κ1) is 12.2. The number of rotatable bonds is 3. The molecule has 0 radical (unpaired) electrons. The highest BCUT2D eigenvalue weighted by atomic mass is 35.5. The van der Waals surface area contributed by atoms with E-state index < -0.39 is 5.54 Å². The van der Waals surface area contributed by atoms with E-state index in [1.165, 1.54) is 0 Å². The van der Waals surface area contributed by atoms with Gasteiger partial charge in [0.05, 0.1) is 28.3 Å². The van der Waals surface area contributed by atoms with E-state index in [1.807, 2.05) is 0 Å². The molecule has 0 atom stereocenters. The van der Waals surface area contributed by atoms with Gasteiger partial charge in [-0.25, -0.2) is 4.98 Å². The first-order chi connectivity index (χ1) is 9.10. The molecule has 1 aromatic carbocycles. The molecule has 1 amide bonds. The number of anilines is 1. The Labute approximate surface area is 115 Å². The molecule has 1 heterocycles. The van der Waals surface area contributed by atoms with Crippen LogP contribution in [-0.2, 0) is 4.79 Å². The Kier molecular flexibility index (Phi) is 2.80. The summed E-state index contributed by atoms with van der Waals surface area (Å²) < 4.78 is 1.76. The Hall–Kier alpha value is -1.85. The number of amides is 1. The smallest absolute Gasteiger partial charge is 0.244 e. The van der Waals surface area contributed by atoms with Gasteiger partial charge in [-0.05, 0) is 25.0 Å². The van der Waals surface area contributed by atoms with Crippen molar-refractivity contribution in [2.24, 2.45) is 5.73 Å². The average Bonchev–Trinajstić information content (AvgIpc) is 2.91. The summed E-state index contributed by atoms with van der Waals surface area (Å²) in [6.45, 7) is 0. The minimum Gasteiger partial charge on any atom is -0.323 e. The van der Waals surface area contributed by atoms with Crippen molar-refractivity contribution in [1.82, 2.24) is 9.55 Å². The van der Waals surface area contributed by atoms with E-state index >= 15 is 0 Å².